The highest BCUT2D eigenvalue weighted by Gasteiger charge is 2.35. The van der Waals surface area contributed by atoms with E-state index in [0.717, 1.165) is 13.0 Å². The molecule has 0 aromatic rings. The van der Waals surface area contributed by atoms with Crippen LogP contribution < -0.4 is 10.6 Å². The van der Waals surface area contributed by atoms with Gasteiger partial charge in [0.2, 0.25) is 5.91 Å². The van der Waals surface area contributed by atoms with Crippen LogP contribution in [0.5, 0.6) is 0 Å². The van der Waals surface area contributed by atoms with E-state index in [9.17, 15) is 14.7 Å². The number of hydrogen-bond donors (Lipinski definition) is 3. The van der Waals surface area contributed by atoms with Gasteiger partial charge in [-0.25, -0.2) is 0 Å². The fraction of sp³-hybridized carbons (Fsp3) is 0.818. The molecule has 0 aromatic carbocycles. The lowest BCUT2D eigenvalue weighted by atomic mass is 10.0. The molecular weight excluding hydrogens is 222 g/mol. The molecule has 6 heteroatoms. The van der Waals surface area contributed by atoms with Gasteiger partial charge >= 0.3 is 5.97 Å². The minimum Gasteiger partial charge on any atom is -0.480 e. The van der Waals surface area contributed by atoms with E-state index in [1.54, 1.807) is 11.9 Å². The van der Waals surface area contributed by atoms with Crippen LogP contribution in [0, 0.1) is 0 Å². The lowest BCUT2D eigenvalue weighted by Crippen LogP contribution is -2.61. The Hall–Kier alpha value is -1.14. The van der Waals surface area contributed by atoms with E-state index in [0.29, 0.717) is 19.5 Å². The zero-order chi connectivity index (χ0) is 12.8. The number of carboxylic acid groups (broad SMARTS) is 1. The average molecular weight is 243 g/mol. The van der Waals surface area contributed by atoms with Crippen molar-refractivity contribution in [1.82, 2.24) is 15.5 Å². The number of carboxylic acids is 1. The Bertz CT molecular complexity index is 279. The number of amides is 1. The largest absolute Gasteiger partial charge is 0.480 e. The van der Waals surface area contributed by atoms with Crippen LogP contribution in [-0.4, -0.2) is 60.6 Å². The smallest absolute Gasteiger partial charge is 0.320 e. The van der Waals surface area contributed by atoms with Crippen molar-refractivity contribution in [1.29, 1.82) is 0 Å². The SMILES string of the molecule is CCCC(C(=O)O)N1CCNCC1C(=O)NC. The van der Waals surface area contributed by atoms with Gasteiger partial charge in [-0.05, 0) is 6.42 Å². The van der Waals surface area contributed by atoms with Crippen molar-refractivity contribution in [2.45, 2.75) is 31.8 Å². The maximum Gasteiger partial charge on any atom is 0.320 e. The van der Waals surface area contributed by atoms with Crippen LogP contribution in [0.2, 0.25) is 0 Å². The number of carbonyl (C=O) groups excluding carboxylic acids is 1. The summed E-state index contributed by atoms with van der Waals surface area (Å²) in [5.74, 6) is -0.970. The summed E-state index contributed by atoms with van der Waals surface area (Å²) in [4.78, 5) is 24.8. The van der Waals surface area contributed by atoms with Crippen molar-refractivity contribution in [3.63, 3.8) is 0 Å². The molecule has 1 saturated heterocycles. The first-order chi connectivity index (χ1) is 8.11. The Labute approximate surface area is 101 Å². The second-order valence-electron chi connectivity index (χ2n) is 4.21. The van der Waals surface area contributed by atoms with Gasteiger partial charge in [0, 0.05) is 26.7 Å². The van der Waals surface area contributed by atoms with Gasteiger partial charge < -0.3 is 15.7 Å². The summed E-state index contributed by atoms with van der Waals surface area (Å²) >= 11 is 0. The summed E-state index contributed by atoms with van der Waals surface area (Å²) in [6, 6.07) is -0.953. The fourth-order valence-electron chi connectivity index (χ4n) is 2.21. The topological polar surface area (TPSA) is 81.7 Å². The Morgan fingerprint density at radius 2 is 2.29 bits per heavy atom. The van der Waals surface area contributed by atoms with Crippen LogP contribution in [0.3, 0.4) is 0 Å². The molecule has 98 valence electrons. The number of carbonyl (C=O) groups is 2. The van der Waals surface area contributed by atoms with Gasteiger partial charge in [-0.1, -0.05) is 13.3 Å². The summed E-state index contributed by atoms with van der Waals surface area (Å²) in [5, 5.41) is 14.9. The zero-order valence-electron chi connectivity index (χ0n) is 10.4. The first kappa shape index (κ1) is 13.9. The van der Waals surface area contributed by atoms with Crippen LogP contribution in [0.25, 0.3) is 0 Å². The van der Waals surface area contributed by atoms with Gasteiger partial charge in [-0.15, -0.1) is 0 Å². The number of aliphatic carboxylic acids is 1. The number of rotatable bonds is 5. The quantitative estimate of drug-likeness (QED) is 0.592. The molecule has 1 rings (SSSR count). The van der Waals surface area contributed by atoms with Gasteiger partial charge in [0.25, 0.3) is 0 Å². The summed E-state index contributed by atoms with van der Waals surface area (Å²) in [5.41, 5.74) is 0. The van der Waals surface area contributed by atoms with Crippen LogP contribution in [0.15, 0.2) is 0 Å². The normalized spacial score (nSPS) is 23.1. The van der Waals surface area contributed by atoms with Gasteiger partial charge in [0.15, 0.2) is 0 Å². The molecule has 0 aliphatic carbocycles. The predicted octanol–water partition coefficient (Wildman–Crippen LogP) is -0.740. The molecule has 1 aliphatic heterocycles. The second-order valence-corrected chi connectivity index (χ2v) is 4.21. The van der Waals surface area contributed by atoms with Gasteiger partial charge in [0.1, 0.15) is 12.1 Å². The lowest BCUT2D eigenvalue weighted by molar-refractivity contribution is -0.146. The Morgan fingerprint density at radius 3 is 2.82 bits per heavy atom. The second kappa shape index (κ2) is 6.56. The van der Waals surface area contributed by atoms with E-state index in [1.807, 2.05) is 6.92 Å². The molecule has 1 fully saturated rings. The Morgan fingerprint density at radius 1 is 1.59 bits per heavy atom. The molecule has 0 saturated carbocycles. The third-order valence-electron chi connectivity index (χ3n) is 3.08. The first-order valence-electron chi connectivity index (χ1n) is 6.02. The molecule has 0 bridgehead atoms. The predicted molar refractivity (Wildman–Crippen MR) is 63.8 cm³/mol. The van der Waals surface area contributed by atoms with E-state index in [2.05, 4.69) is 10.6 Å². The van der Waals surface area contributed by atoms with Crippen molar-refractivity contribution < 1.29 is 14.7 Å². The highest BCUT2D eigenvalue weighted by Crippen LogP contribution is 2.14. The number of hydrogen-bond acceptors (Lipinski definition) is 4. The summed E-state index contributed by atoms with van der Waals surface area (Å²) in [7, 11) is 1.57. The maximum absolute atomic E-state index is 11.7. The molecule has 0 radical (unpaired) electrons. The molecular formula is C11H21N3O3. The van der Waals surface area contributed by atoms with E-state index in [4.69, 9.17) is 0 Å². The third-order valence-corrected chi connectivity index (χ3v) is 3.08. The lowest BCUT2D eigenvalue weighted by Gasteiger charge is -2.38. The first-order valence-corrected chi connectivity index (χ1v) is 6.02. The van der Waals surface area contributed by atoms with Crippen molar-refractivity contribution in [2.24, 2.45) is 0 Å². The van der Waals surface area contributed by atoms with Gasteiger partial charge in [0.05, 0.1) is 0 Å². The molecule has 1 amide bonds. The van der Waals surface area contributed by atoms with Crippen molar-refractivity contribution in [3.8, 4) is 0 Å². The number of nitrogens with zero attached hydrogens (tertiary/aromatic N) is 1. The molecule has 1 heterocycles. The Kier molecular flexibility index (Phi) is 5.37. The molecule has 17 heavy (non-hydrogen) atoms. The summed E-state index contributed by atoms with van der Waals surface area (Å²) in [6.45, 7) is 3.77. The van der Waals surface area contributed by atoms with Crippen molar-refractivity contribution >= 4 is 11.9 Å². The molecule has 2 atom stereocenters. The summed E-state index contributed by atoms with van der Waals surface area (Å²) in [6.07, 6.45) is 1.37. The zero-order valence-corrected chi connectivity index (χ0v) is 10.4. The van der Waals surface area contributed by atoms with Gasteiger partial charge in [-0.3, -0.25) is 14.5 Å². The molecule has 0 aromatic heterocycles. The van der Waals surface area contributed by atoms with E-state index >= 15 is 0 Å². The minimum atomic E-state index is -0.845. The molecule has 3 N–H and O–H groups in total. The highest BCUT2D eigenvalue weighted by molar-refractivity contribution is 5.83. The van der Waals surface area contributed by atoms with Gasteiger partial charge in [-0.2, -0.15) is 0 Å². The van der Waals surface area contributed by atoms with E-state index in [-0.39, 0.29) is 11.9 Å². The van der Waals surface area contributed by atoms with Crippen LogP contribution in [0.4, 0.5) is 0 Å². The summed E-state index contributed by atoms with van der Waals surface area (Å²) < 4.78 is 0. The monoisotopic (exact) mass is 243 g/mol. The molecule has 2 unspecified atom stereocenters. The van der Waals surface area contributed by atoms with Crippen LogP contribution >= 0.6 is 0 Å². The molecule has 1 aliphatic rings. The number of piperazine rings is 1. The molecule has 0 spiro atoms. The van der Waals surface area contributed by atoms with Crippen LogP contribution in [-0.2, 0) is 9.59 Å². The highest BCUT2D eigenvalue weighted by atomic mass is 16.4. The van der Waals surface area contributed by atoms with Crippen molar-refractivity contribution in [2.75, 3.05) is 26.7 Å². The van der Waals surface area contributed by atoms with Crippen LogP contribution in [0.1, 0.15) is 19.8 Å². The maximum atomic E-state index is 11.7. The molecule has 6 nitrogen and oxygen atoms in total. The van der Waals surface area contributed by atoms with E-state index < -0.39 is 12.0 Å². The number of likely N-dealkylation sites (N-methyl/N-ethyl adjacent to an activating group) is 1. The fourth-order valence-corrected chi connectivity index (χ4v) is 2.21. The van der Waals surface area contributed by atoms with Crippen molar-refractivity contribution in [3.05, 3.63) is 0 Å². The standard InChI is InChI=1S/C11H21N3O3/c1-3-4-8(11(16)17)14-6-5-13-7-9(14)10(15)12-2/h8-9,13H,3-7H2,1-2H3,(H,12,15)(H,16,17). The van der Waals surface area contributed by atoms with E-state index in [1.165, 1.54) is 0 Å². The number of nitrogens with one attached hydrogen (secondary N) is 2. The Balaban J connectivity index is 2.80. The minimum absolute atomic E-state index is 0.125. The average Bonchev–Trinajstić information content (AvgIpc) is 2.34. The third kappa shape index (κ3) is 3.41.